The monoisotopic (exact) mass is 194 g/mol. The van der Waals surface area contributed by atoms with Crippen LogP contribution in [0.5, 0.6) is 0 Å². The maximum absolute atomic E-state index is 10.2. The summed E-state index contributed by atoms with van der Waals surface area (Å²) in [6.07, 6.45) is 0.629. The molecule has 1 unspecified atom stereocenters. The summed E-state index contributed by atoms with van der Waals surface area (Å²) in [6, 6.07) is 0. The lowest BCUT2D eigenvalue weighted by Gasteiger charge is -1.98. The Morgan fingerprint density at radius 1 is 1.58 bits per heavy atom. The Labute approximate surface area is 72.5 Å². The lowest BCUT2D eigenvalue weighted by molar-refractivity contribution is -0.132. The average Bonchev–Trinajstić information content (AvgIpc) is 1.97. The average molecular weight is 194 g/mol. The second kappa shape index (κ2) is 5.87. The van der Waals surface area contributed by atoms with Crippen molar-refractivity contribution in [1.82, 2.24) is 0 Å². The molecule has 12 heavy (non-hydrogen) atoms. The molecular weight excluding hydrogens is 184 g/mol. The number of carboxylic acids is 1. The number of carbonyl (C=O) groups is 1. The number of rotatable bonds is 6. The van der Waals surface area contributed by atoms with Crippen LogP contribution in [-0.2, 0) is 20.3 Å². The Balaban J connectivity index is 3.38. The minimum Gasteiger partial charge on any atom is -0.478 e. The second-order valence-electron chi connectivity index (χ2n) is 2.05. The Bertz CT molecular complexity index is 200. The zero-order valence-corrected chi connectivity index (χ0v) is 7.17. The molecule has 2 N–H and O–H groups in total. The predicted molar refractivity (Wildman–Crippen MR) is 42.7 cm³/mol. The van der Waals surface area contributed by atoms with Gasteiger partial charge in [0.1, 0.15) is 0 Å². The fourth-order valence-electron chi connectivity index (χ4n) is 0.523. The van der Waals surface area contributed by atoms with Crippen LogP contribution in [0.4, 0.5) is 0 Å². The van der Waals surface area contributed by atoms with E-state index in [1.807, 2.05) is 0 Å². The third-order valence-electron chi connectivity index (χ3n) is 1.11. The molecule has 0 radical (unpaired) electrons. The molecule has 6 heteroatoms. The third kappa shape index (κ3) is 6.02. The first-order chi connectivity index (χ1) is 5.54. The van der Waals surface area contributed by atoms with Gasteiger partial charge in [0.25, 0.3) is 0 Å². The highest BCUT2D eigenvalue weighted by Crippen LogP contribution is 2.02. The third-order valence-corrected chi connectivity index (χ3v) is 1.48. The number of carboxylic acid groups (broad SMARTS) is 1. The molecule has 0 saturated heterocycles. The van der Waals surface area contributed by atoms with Crippen LogP contribution in [0, 0.1) is 0 Å². The summed E-state index contributed by atoms with van der Waals surface area (Å²) in [4.78, 5) is 10.2. The summed E-state index contributed by atoms with van der Waals surface area (Å²) in [5.41, 5.74) is 0.0716. The van der Waals surface area contributed by atoms with Crippen LogP contribution in [0.2, 0.25) is 0 Å². The van der Waals surface area contributed by atoms with Gasteiger partial charge in [-0.15, -0.1) is 0 Å². The highest BCUT2D eigenvalue weighted by molar-refractivity contribution is 7.74. The molecule has 0 aliphatic heterocycles. The largest absolute Gasteiger partial charge is 0.478 e. The summed E-state index contributed by atoms with van der Waals surface area (Å²) in [5, 5.41) is 8.34. The highest BCUT2D eigenvalue weighted by Gasteiger charge is 2.03. The van der Waals surface area contributed by atoms with Gasteiger partial charge in [0.15, 0.2) is 0 Å². The number of aliphatic carboxylic acids is 1. The lowest BCUT2D eigenvalue weighted by Crippen LogP contribution is -2.02. The molecule has 0 aromatic rings. The van der Waals surface area contributed by atoms with E-state index in [0.717, 1.165) is 0 Å². The van der Waals surface area contributed by atoms with Gasteiger partial charge in [0.2, 0.25) is 0 Å². The van der Waals surface area contributed by atoms with Crippen LogP contribution in [0.1, 0.15) is 12.8 Å². The first kappa shape index (κ1) is 11.3. The highest BCUT2D eigenvalue weighted by atomic mass is 32.2. The predicted octanol–water partition coefficient (Wildman–Crippen LogP) is 0.561. The van der Waals surface area contributed by atoms with E-state index in [0.29, 0.717) is 6.42 Å². The number of hydrogen-bond donors (Lipinski definition) is 2. The maximum atomic E-state index is 10.2. The molecule has 0 bridgehead atoms. The molecule has 0 amide bonds. The van der Waals surface area contributed by atoms with Crippen molar-refractivity contribution in [2.75, 3.05) is 6.61 Å². The van der Waals surface area contributed by atoms with Gasteiger partial charge in [-0.1, -0.05) is 6.58 Å². The van der Waals surface area contributed by atoms with E-state index in [-0.39, 0.29) is 18.6 Å². The quantitative estimate of drug-likeness (QED) is 0.366. The summed E-state index contributed by atoms with van der Waals surface area (Å²) >= 11 is -2.27. The normalized spacial score (nSPS) is 12.4. The molecule has 0 aromatic heterocycles. The standard InChI is InChI=1S/C6H10O5S/c1-5(6(7)8)3-2-4-11-12(9)10/h1-4H2,(H,7,8)(H,9,10). The summed E-state index contributed by atoms with van der Waals surface area (Å²) in [5.74, 6) is -1.06. The maximum Gasteiger partial charge on any atom is 0.330 e. The van der Waals surface area contributed by atoms with Gasteiger partial charge < -0.3 is 5.11 Å². The Morgan fingerprint density at radius 3 is 2.58 bits per heavy atom. The van der Waals surface area contributed by atoms with Gasteiger partial charge in [0, 0.05) is 5.57 Å². The van der Waals surface area contributed by atoms with Crippen molar-refractivity contribution in [3.8, 4) is 0 Å². The fourth-order valence-corrected chi connectivity index (χ4v) is 0.783. The van der Waals surface area contributed by atoms with Gasteiger partial charge in [0.05, 0.1) is 6.61 Å². The molecule has 0 aliphatic rings. The fraction of sp³-hybridized carbons (Fsp3) is 0.500. The zero-order valence-electron chi connectivity index (χ0n) is 6.36. The van der Waals surface area contributed by atoms with Gasteiger partial charge >= 0.3 is 17.3 Å². The van der Waals surface area contributed by atoms with Gasteiger partial charge in [-0.05, 0) is 12.8 Å². The van der Waals surface area contributed by atoms with Gasteiger partial charge in [-0.25, -0.2) is 4.79 Å². The molecule has 70 valence electrons. The van der Waals surface area contributed by atoms with Crippen LogP contribution in [0.15, 0.2) is 12.2 Å². The van der Waals surface area contributed by atoms with Crippen LogP contribution in [0.25, 0.3) is 0 Å². The van der Waals surface area contributed by atoms with Crippen molar-refractivity contribution in [3.05, 3.63) is 12.2 Å². The number of hydrogen-bond acceptors (Lipinski definition) is 3. The van der Waals surface area contributed by atoms with Crippen molar-refractivity contribution in [2.45, 2.75) is 12.8 Å². The topological polar surface area (TPSA) is 83.8 Å². The molecule has 0 aliphatic carbocycles. The van der Waals surface area contributed by atoms with E-state index < -0.39 is 17.3 Å². The van der Waals surface area contributed by atoms with E-state index >= 15 is 0 Å². The molecule has 0 heterocycles. The van der Waals surface area contributed by atoms with E-state index in [2.05, 4.69) is 10.8 Å². The van der Waals surface area contributed by atoms with Crippen LogP contribution in [0.3, 0.4) is 0 Å². The minimum absolute atomic E-state index is 0.0510. The van der Waals surface area contributed by atoms with E-state index in [1.54, 1.807) is 0 Å². The molecule has 0 aromatic carbocycles. The van der Waals surface area contributed by atoms with Crippen molar-refractivity contribution in [3.63, 3.8) is 0 Å². The van der Waals surface area contributed by atoms with E-state index in [9.17, 15) is 9.00 Å². The molecule has 0 fully saturated rings. The zero-order chi connectivity index (χ0) is 9.56. The molecule has 1 atom stereocenters. The van der Waals surface area contributed by atoms with Crippen LogP contribution in [-0.4, -0.2) is 26.4 Å². The Morgan fingerprint density at radius 2 is 2.17 bits per heavy atom. The van der Waals surface area contributed by atoms with Gasteiger partial charge in [-0.3, -0.25) is 8.74 Å². The van der Waals surface area contributed by atoms with Crippen LogP contribution < -0.4 is 0 Å². The first-order valence-corrected chi connectivity index (χ1v) is 4.22. The van der Waals surface area contributed by atoms with Crippen molar-refractivity contribution < 1.29 is 22.8 Å². The summed E-state index contributed by atoms with van der Waals surface area (Å²) < 4.78 is 22.3. The van der Waals surface area contributed by atoms with Crippen molar-refractivity contribution in [1.29, 1.82) is 0 Å². The second-order valence-corrected chi connectivity index (χ2v) is 2.72. The summed E-state index contributed by atoms with van der Waals surface area (Å²) in [6.45, 7) is 3.33. The molecule has 0 saturated carbocycles. The Kier molecular flexibility index (Phi) is 5.52. The minimum atomic E-state index is -2.27. The lowest BCUT2D eigenvalue weighted by atomic mass is 10.2. The molecular formula is C6H10O5S. The Hall–Kier alpha value is -0.720. The first-order valence-electron chi connectivity index (χ1n) is 3.19. The van der Waals surface area contributed by atoms with E-state index in [4.69, 9.17) is 9.66 Å². The van der Waals surface area contributed by atoms with E-state index in [1.165, 1.54) is 0 Å². The van der Waals surface area contributed by atoms with Crippen molar-refractivity contribution >= 4 is 17.3 Å². The molecule has 5 nitrogen and oxygen atoms in total. The smallest absolute Gasteiger partial charge is 0.330 e. The molecule has 0 rings (SSSR count). The molecule has 0 spiro atoms. The summed E-state index contributed by atoms with van der Waals surface area (Å²) in [7, 11) is 0. The van der Waals surface area contributed by atoms with Gasteiger partial charge in [-0.2, -0.15) is 4.21 Å². The van der Waals surface area contributed by atoms with Crippen molar-refractivity contribution in [2.24, 2.45) is 0 Å². The SMILES string of the molecule is C=C(CCCOS(=O)O)C(=O)O. The van der Waals surface area contributed by atoms with Crippen LogP contribution >= 0.6 is 0 Å².